The van der Waals surface area contributed by atoms with Gasteiger partial charge >= 0.3 is 0 Å². The van der Waals surface area contributed by atoms with Crippen LogP contribution in [0.4, 0.5) is 0 Å². The third kappa shape index (κ3) is 7.84. The molecule has 0 saturated heterocycles. The van der Waals surface area contributed by atoms with Crippen LogP contribution in [0.1, 0.15) is 58.8 Å². The summed E-state index contributed by atoms with van der Waals surface area (Å²) in [4.78, 5) is 4.71. The molecule has 2 saturated carbocycles. The molecule has 24 heavy (non-hydrogen) atoms. The molecule has 5 heteroatoms. The number of rotatable bonds is 12. The van der Waals surface area contributed by atoms with Crippen molar-refractivity contribution in [2.75, 3.05) is 39.5 Å². The van der Waals surface area contributed by atoms with E-state index in [0.29, 0.717) is 6.10 Å². The maximum atomic E-state index is 5.98. The van der Waals surface area contributed by atoms with E-state index >= 15 is 0 Å². The SMILES string of the molecule is CCNC(=NCCC(OCC)C1CCCC1)NCCOCC1CC1. The first-order valence-electron chi connectivity index (χ1n) is 10.0. The van der Waals surface area contributed by atoms with E-state index in [4.69, 9.17) is 14.5 Å². The fraction of sp³-hybridized carbons (Fsp3) is 0.947. The van der Waals surface area contributed by atoms with Gasteiger partial charge in [-0.3, -0.25) is 4.99 Å². The van der Waals surface area contributed by atoms with Crippen LogP contribution in [0.2, 0.25) is 0 Å². The summed E-state index contributed by atoms with van der Waals surface area (Å²) in [7, 11) is 0. The second kappa shape index (κ2) is 11.7. The Labute approximate surface area is 148 Å². The van der Waals surface area contributed by atoms with E-state index in [1.54, 1.807) is 0 Å². The quantitative estimate of drug-likeness (QED) is 0.326. The third-order valence-electron chi connectivity index (χ3n) is 4.92. The van der Waals surface area contributed by atoms with E-state index in [1.165, 1.54) is 38.5 Å². The Morgan fingerprint density at radius 3 is 2.58 bits per heavy atom. The standard InChI is InChI=1S/C19H37N3O2/c1-3-20-19(22-13-14-23-15-16-9-10-16)21-12-11-18(24-4-2)17-7-5-6-8-17/h16-18H,3-15H2,1-2H3,(H2,20,21,22). The van der Waals surface area contributed by atoms with Crippen molar-refractivity contribution in [1.82, 2.24) is 10.6 Å². The lowest BCUT2D eigenvalue weighted by atomic mass is 9.98. The van der Waals surface area contributed by atoms with Crippen molar-refractivity contribution in [3.05, 3.63) is 0 Å². The molecule has 0 aromatic heterocycles. The van der Waals surface area contributed by atoms with Crippen LogP contribution >= 0.6 is 0 Å². The summed E-state index contributed by atoms with van der Waals surface area (Å²) in [5.41, 5.74) is 0. The van der Waals surface area contributed by atoms with Crippen molar-refractivity contribution >= 4 is 5.96 Å². The number of aliphatic imine (C=N–C) groups is 1. The largest absolute Gasteiger partial charge is 0.379 e. The predicted molar refractivity (Wildman–Crippen MR) is 99.5 cm³/mol. The first-order chi connectivity index (χ1) is 11.8. The van der Waals surface area contributed by atoms with Gasteiger partial charge in [-0.2, -0.15) is 0 Å². The molecule has 0 aromatic carbocycles. The zero-order valence-electron chi connectivity index (χ0n) is 15.7. The monoisotopic (exact) mass is 339 g/mol. The first kappa shape index (κ1) is 19.5. The molecule has 2 fully saturated rings. The third-order valence-corrected chi connectivity index (χ3v) is 4.92. The second-order valence-electron chi connectivity index (χ2n) is 7.03. The molecular formula is C19H37N3O2. The van der Waals surface area contributed by atoms with Crippen LogP contribution in [0.25, 0.3) is 0 Å². The minimum atomic E-state index is 0.381. The van der Waals surface area contributed by atoms with Gasteiger partial charge in [-0.15, -0.1) is 0 Å². The highest BCUT2D eigenvalue weighted by Crippen LogP contribution is 2.30. The van der Waals surface area contributed by atoms with Crippen LogP contribution in [0, 0.1) is 11.8 Å². The van der Waals surface area contributed by atoms with Crippen LogP contribution in [-0.2, 0) is 9.47 Å². The summed E-state index contributed by atoms with van der Waals surface area (Å²) in [6.07, 6.45) is 9.47. The van der Waals surface area contributed by atoms with Crippen molar-refractivity contribution in [1.29, 1.82) is 0 Å². The summed E-state index contributed by atoms with van der Waals surface area (Å²) in [6.45, 7) is 9.20. The fourth-order valence-corrected chi connectivity index (χ4v) is 3.42. The van der Waals surface area contributed by atoms with E-state index in [1.807, 2.05) is 0 Å². The number of ether oxygens (including phenoxy) is 2. The normalized spacial score (nSPS) is 20.3. The molecule has 0 aromatic rings. The summed E-state index contributed by atoms with van der Waals surface area (Å²) < 4.78 is 11.6. The van der Waals surface area contributed by atoms with E-state index in [2.05, 4.69) is 24.5 Å². The number of hydrogen-bond donors (Lipinski definition) is 2. The highest BCUT2D eigenvalue weighted by atomic mass is 16.5. The van der Waals surface area contributed by atoms with Crippen LogP contribution < -0.4 is 10.6 Å². The minimum absolute atomic E-state index is 0.381. The van der Waals surface area contributed by atoms with E-state index in [-0.39, 0.29) is 0 Å². The Morgan fingerprint density at radius 1 is 1.12 bits per heavy atom. The van der Waals surface area contributed by atoms with Gasteiger partial charge in [0.2, 0.25) is 0 Å². The van der Waals surface area contributed by atoms with Gasteiger partial charge in [-0.05, 0) is 57.8 Å². The maximum Gasteiger partial charge on any atom is 0.191 e. The molecule has 2 N–H and O–H groups in total. The maximum absolute atomic E-state index is 5.98. The van der Waals surface area contributed by atoms with Gasteiger partial charge in [-0.25, -0.2) is 0 Å². The Morgan fingerprint density at radius 2 is 1.92 bits per heavy atom. The van der Waals surface area contributed by atoms with Crippen molar-refractivity contribution in [2.45, 2.75) is 64.9 Å². The number of guanidine groups is 1. The molecule has 0 bridgehead atoms. The Bertz CT molecular complexity index is 353. The van der Waals surface area contributed by atoms with Crippen molar-refractivity contribution < 1.29 is 9.47 Å². The van der Waals surface area contributed by atoms with Gasteiger partial charge < -0.3 is 20.1 Å². The molecular weight excluding hydrogens is 302 g/mol. The van der Waals surface area contributed by atoms with Gasteiger partial charge in [0.25, 0.3) is 0 Å². The van der Waals surface area contributed by atoms with Crippen molar-refractivity contribution in [3.63, 3.8) is 0 Å². The van der Waals surface area contributed by atoms with E-state index in [0.717, 1.165) is 63.7 Å². The van der Waals surface area contributed by atoms with Crippen molar-refractivity contribution in [2.24, 2.45) is 16.8 Å². The lowest BCUT2D eigenvalue weighted by Gasteiger charge is -2.22. The zero-order valence-corrected chi connectivity index (χ0v) is 15.7. The lowest BCUT2D eigenvalue weighted by Crippen LogP contribution is -2.39. The zero-order chi connectivity index (χ0) is 17.0. The minimum Gasteiger partial charge on any atom is -0.379 e. The summed E-state index contributed by atoms with van der Waals surface area (Å²) in [6, 6.07) is 0. The summed E-state index contributed by atoms with van der Waals surface area (Å²) in [5.74, 6) is 2.47. The molecule has 0 radical (unpaired) electrons. The van der Waals surface area contributed by atoms with Gasteiger partial charge in [0.1, 0.15) is 0 Å². The van der Waals surface area contributed by atoms with Gasteiger partial charge in [0, 0.05) is 32.8 Å². The Balaban J connectivity index is 1.65. The van der Waals surface area contributed by atoms with Crippen LogP contribution in [0.3, 0.4) is 0 Å². The number of nitrogens with zero attached hydrogens (tertiary/aromatic N) is 1. The topological polar surface area (TPSA) is 54.9 Å². The molecule has 0 amide bonds. The molecule has 140 valence electrons. The number of hydrogen-bond acceptors (Lipinski definition) is 3. The molecule has 0 aliphatic heterocycles. The van der Waals surface area contributed by atoms with Crippen molar-refractivity contribution in [3.8, 4) is 0 Å². The predicted octanol–water partition coefficient (Wildman–Crippen LogP) is 2.95. The summed E-state index contributed by atoms with van der Waals surface area (Å²) >= 11 is 0. The van der Waals surface area contributed by atoms with E-state index < -0.39 is 0 Å². The molecule has 1 atom stereocenters. The van der Waals surface area contributed by atoms with Crippen LogP contribution in [-0.4, -0.2) is 51.5 Å². The summed E-state index contributed by atoms with van der Waals surface area (Å²) in [5, 5.41) is 6.68. The van der Waals surface area contributed by atoms with Gasteiger partial charge in [-0.1, -0.05) is 12.8 Å². The van der Waals surface area contributed by atoms with Crippen LogP contribution in [0.5, 0.6) is 0 Å². The van der Waals surface area contributed by atoms with Gasteiger partial charge in [0.05, 0.1) is 12.7 Å². The molecule has 2 aliphatic carbocycles. The highest BCUT2D eigenvalue weighted by molar-refractivity contribution is 5.79. The Kier molecular flexibility index (Phi) is 9.51. The second-order valence-corrected chi connectivity index (χ2v) is 7.03. The molecule has 5 nitrogen and oxygen atoms in total. The lowest BCUT2D eigenvalue weighted by molar-refractivity contribution is 0.0177. The average Bonchev–Trinajstić information content (AvgIpc) is 3.24. The van der Waals surface area contributed by atoms with Crippen LogP contribution in [0.15, 0.2) is 4.99 Å². The molecule has 2 aliphatic rings. The van der Waals surface area contributed by atoms with Gasteiger partial charge in [0.15, 0.2) is 5.96 Å². The number of nitrogens with one attached hydrogen (secondary N) is 2. The smallest absolute Gasteiger partial charge is 0.191 e. The molecule has 0 spiro atoms. The Hall–Kier alpha value is -0.810. The molecule has 0 heterocycles. The van der Waals surface area contributed by atoms with E-state index in [9.17, 15) is 0 Å². The highest BCUT2D eigenvalue weighted by Gasteiger charge is 2.25. The average molecular weight is 340 g/mol. The fourth-order valence-electron chi connectivity index (χ4n) is 3.42. The molecule has 1 unspecified atom stereocenters. The first-order valence-corrected chi connectivity index (χ1v) is 10.0. The molecule has 2 rings (SSSR count).